The van der Waals surface area contributed by atoms with Gasteiger partial charge in [-0.05, 0) is 45.8 Å². The zero-order valence-corrected chi connectivity index (χ0v) is 11.2. The Hall–Kier alpha value is -1.55. The first-order valence-electron chi connectivity index (χ1n) is 5.33. The standard InChI is InChI=1S/C13H14BrN3/c1-17(13-12(14)6-3-7-16-13)9-10-4-2-5-11(15)8-10/h2-8H,9,15H2,1H3. The maximum atomic E-state index is 5.76. The second-order valence-corrected chi connectivity index (χ2v) is 4.76. The summed E-state index contributed by atoms with van der Waals surface area (Å²) in [6.07, 6.45) is 1.79. The largest absolute Gasteiger partial charge is 0.399 e. The SMILES string of the molecule is CN(Cc1cccc(N)c1)c1ncccc1Br. The van der Waals surface area contributed by atoms with Crippen LogP contribution in [0.1, 0.15) is 5.56 Å². The predicted molar refractivity (Wildman–Crippen MR) is 74.9 cm³/mol. The van der Waals surface area contributed by atoms with Gasteiger partial charge in [-0.25, -0.2) is 4.98 Å². The highest BCUT2D eigenvalue weighted by Gasteiger charge is 2.07. The molecule has 2 rings (SSSR count). The van der Waals surface area contributed by atoms with Crippen LogP contribution >= 0.6 is 15.9 Å². The molecule has 88 valence electrons. The van der Waals surface area contributed by atoms with E-state index in [1.807, 2.05) is 37.4 Å². The highest BCUT2D eigenvalue weighted by atomic mass is 79.9. The summed E-state index contributed by atoms with van der Waals surface area (Å²) in [7, 11) is 2.01. The van der Waals surface area contributed by atoms with Crippen molar-refractivity contribution in [2.45, 2.75) is 6.54 Å². The van der Waals surface area contributed by atoms with Gasteiger partial charge in [0.15, 0.2) is 0 Å². The normalized spacial score (nSPS) is 10.2. The summed E-state index contributed by atoms with van der Waals surface area (Å²) in [5.74, 6) is 0.926. The molecule has 1 aromatic carbocycles. The quantitative estimate of drug-likeness (QED) is 0.884. The minimum atomic E-state index is 0.778. The van der Waals surface area contributed by atoms with Crippen molar-refractivity contribution >= 4 is 27.4 Å². The molecule has 0 fully saturated rings. The van der Waals surface area contributed by atoms with Crippen LogP contribution in [0, 0.1) is 0 Å². The number of halogens is 1. The first kappa shape index (κ1) is 11.9. The molecule has 0 unspecified atom stereocenters. The molecule has 0 bridgehead atoms. The second-order valence-electron chi connectivity index (χ2n) is 3.91. The van der Waals surface area contributed by atoms with Gasteiger partial charge in [-0.1, -0.05) is 12.1 Å². The van der Waals surface area contributed by atoms with Gasteiger partial charge in [-0.3, -0.25) is 0 Å². The van der Waals surface area contributed by atoms with Crippen molar-refractivity contribution in [1.82, 2.24) is 4.98 Å². The number of nitrogens with zero attached hydrogens (tertiary/aromatic N) is 2. The van der Waals surface area contributed by atoms with E-state index in [0.29, 0.717) is 0 Å². The molecule has 0 atom stereocenters. The first-order chi connectivity index (χ1) is 8.16. The van der Waals surface area contributed by atoms with Crippen LogP contribution in [0.15, 0.2) is 47.1 Å². The van der Waals surface area contributed by atoms with Crippen LogP contribution in [-0.2, 0) is 6.54 Å². The fourth-order valence-electron chi connectivity index (χ4n) is 1.70. The zero-order valence-electron chi connectivity index (χ0n) is 9.60. The fourth-order valence-corrected chi connectivity index (χ4v) is 2.26. The van der Waals surface area contributed by atoms with Crippen molar-refractivity contribution < 1.29 is 0 Å². The number of benzene rings is 1. The minimum absolute atomic E-state index is 0.778. The Kier molecular flexibility index (Phi) is 3.64. The monoisotopic (exact) mass is 291 g/mol. The molecule has 0 saturated heterocycles. The summed E-state index contributed by atoms with van der Waals surface area (Å²) < 4.78 is 0.992. The Bertz CT molecular complexity index is 514. The zero-order chi connectivity index (χ0) is 12.3. The van der Waals surface area contributed by atoms with Crippen LogP contribution in [0.4, 0.5) is 11.5 Å². The number of hydrogen-bond donors (Lipinski definition) is 1. The van der Waals surface area contributed by atoms with Crippen LogP contribution in [0.3, 0.4) is 0 Å². The number of anilines is 2. The molecule has 3 nitrogen and oxygen atoms in total. The van der Waals surface area contributed by atoms with E-state index in [1.165, 1.54) is 5.56 Å². The second kappa shape index (κ2) is 5.19. The van der Waals surface area contributed by atoms with Crippen molar-refractivity contribution in [3.05, 3.63) is 52.6 Å². The van der Waals surface area contributed by atoms with Crippen LogP contribution in [-0.4, -0.2) is 12.0 Å². The van der Waals surface area contributed by atoms with Gasteiger partial charge in [0, 0.05) is 25.5 Å². The van der Waals surface area contributed by atoms with Crippen LogP contribution in [0.25, 0.3) is 0 Å². The van der Waals surface area contributed by atoms with Gasteiger partial charge in [-0.2, -0.15) is 0 Å². The van der Waals surface area contributed by atoms with E-state index in [0.717, 1.165) is 22.5 Å². The average molecular weight is 292 g/mol. The van der Waals surface area contributed by atoms with Crippen molar-refractivity contribution in [1.29, 1.82) is 0 Å². The van der Waals surface area contributed by atoms with Gasteiger partial charge in [-0.15, -0.1) is 0 Å². The maximum absolute atomic E-state index is 5.76. The Morgan fingerprint density at radius 1 is 1.29 bits per heavy atom. The molecule has 0 saturated carbocycles. The lowest BCUT2D eigenvalue weighted by atomic mass is 10.2. The van der Waals surface area contributed by atoms with Crippen LogP contribution in [0.2, 0.25) is 0 Å². The Morgan fingerprint density at radius 3 is 2.82 bits per heavy atom. The Labute approximate surface area is 109 Å². The lowest BCUT2D eigenvalue weighted by Crippen LogP contribution is -2.18. The molecular formula is C13H14BrN3. The number of nitrogen functional groups attached to an aromatic ring is 1. The molecule has 17 heavy (non-hydrogen) atoms. The third-order valence-corrected chi connectivity index (χ3v) is 3.09. The van der Waals surface area contributed by atoms with Gasteiger partial charge in [0.2, 0.25) is 0 Å². The molecule has 0 spiro atoms. The van der Waals surface area contributed by atoms with Crippen molar-refractivity contribution in [3.8, 4) is 0 Å². The van der Waals surface area contributed by atoms with Crippen molar-refractivity contribution in [2.24, 2.45) is 0 Å². The Balaban J connectivity index is 2.17. The highest BCUT2D eigenvalue weighted by molar-refractivity contribution is 9.10. The minimum Gasteiger partial charge on any atom is -0.399 e. The molecule has 2 N–H and O–H groups in total. The van der Waals surface area contributed by atoms with Gasteiger partial charge in [0.1, 0.15) is 5.82 Å². The van der Waals surface area contributed by atoms with Gasteiger partial charge in [0.05, 0.1) is 4.47 Å². The topological polar surface area (TPSA) is 42.1 Å². The van der Waals surface area contributed by atoms with E-state index in [4.69, 9.17) is 5.73 Å². The van der Waals surface area contributed by atoms with Crippen LogP contribution < -0.4 is 10.6 Å². The number of nitrogens with two attached hydrogens (primary N) is 1. The van der Waals surface area contributed by atoms with Gasteiger partial charge < -0.3 is 10.6 Å². The number of hydrogen-bond acceptors (Lipinski definition) is 3. The highest BCUT2D eigenvalue weighted by Crippen LogP contribution is 2.23. The first-order valence-corrected chi connectivity index (χ1v) is 6.12. The Morgan fingerprint density at radius 2 is 2.12 bits per heavy atom. The molecule has 4 heteroatoms. The van der Waals surface area contributed by atoms with E-state index in [9.17, 15) is 0 Å². The maximum Gasteiger partial charge on any atom is 0.142 e. The summed E-state index contributed by atoms with van der Waals surface area (Å²) >= 11 is 3.50. The van der Waals surface area contributed by atoms with E-state index >= 15 is 0 Å². The third-order valence-electron chi connectivity index (χ3n) is 2.47. The van der Waals surface area contributed by atoms with E-state index < -0.39 is 0 Å². The summed E-state index contributed by atoms with van der Waals surface area (Å²) in [6, 6.07) is 11.8. The smallest absolute Gasteiger partial charge is 0.142 e. The van der Waals surface area contributed by atoms with Crippen molar-refractivity contribution in [3.63, 3.8) is 0 Å². The average Bonchev–Trinajstić information content (AvgIpc) is 2.29. The molecule has 1 heterocycles. The number of aromatic nitrogens is 1. The molecule has 1 aromatic heterocycles. The fraction of sp³-hybridized carbons (Fsp3) is 0.154. The van der Waals surface area contributed by atoms with Gasteiger partial charge in [0.25, 0.3) is 0 Å². The predicted octanol–water partition coefficient (Wildman–Crippen LogP) is 3.06. The molecule has 0 aliphatic heterocycles. The van der Waals surface area contributed by atoms with E-state index in [2.05, 4.69) is 31.9 Å². The lowest BCUT2D eigenvalue weighted by molar-refractivity contribution is 0.894. The third kappa shape index (κ3) is 2.97. The van der Waals surface area contributed by atoms with Crippen LogP contribution in [0.5, 0.6) is 0 Å². The lowest BCUT2D eigenvalue weighted by Gasteiger charge is -2.19. The molecule has 0 aliphatic rings. The molecular weight excluding hydrogens is 278 g/mol. The molecule has 2 aromatic rings. The number of pyridine rings is 1. The van der Waals surface area contributed by atoms with E-state index in [-0.39, 0.29) is 0 Å². The molecule has 0 amide bonds. The van der Waals surface area contributed by atoms with Gasteiger partial charge >= 0.3 is 0 Å². The summed E-state index contributed by atoms with van der Waals surface area (Å²) in [6.45, 7) is 0.778. The summed E-state index contributed by atoms with van der Waals surface area (Å²) in [5.41, 5.74) is 7.72. The molecule has 0 radical (unpaired) electrons. The summed E-state index contributed by atoms with van der Waals surface area (Å²) in [4.78, 5) is 6.43. The van der Waals surface area contributed by atoms with Crippen molar-refractivity contribution in [2.75, 3.05) is 17.7 Å². The number of rotatable bonds is 3. The van der Waals surface area contributed by atoms with E-state index in [1.54, 1.807) is 6.20 Å². The summed E-state index contributed by atoms with van der Waals surface area (Å²) in [5, 5.41) is 0. The molecule has 0 aliphatic carbocycles.